The fraction of sp³-hybridized carbons (Fsp3) is 0.333. The number of esters is 2. The molecule has 0 spiro atoms. The van der Waals surface area contributed by atoms with Crippen molar-refractivity contribution in [3.05, 3.63) is 29.3 Å². The van der Waals surface area contributed by atoms with E-state index in [0.717, 1.165) is 5.56 Å². The summed E-state index contributed by atoms with van der Waals surface area (Å²) in [6.45, 7) is 3.28. The van der Waals surface area contributed by atoms with Gasteiger partial charge in [0.05, 0.1) is 12.7 Å². The molecule has 0 aliphatic heterocycles. The largest absolute Gasteiger partial charge is 0.466 e. The molecule has 92 valence electrons. The number of carbonyl (C=O) groups excluding carboxylic acids is 2. The third kappa shape index (κ3) is 3.21. The molecule has 5 heteroatoms. The number of hydrogen-bond acceptors (Lipinski definition) is 5. The smallest absolute Gasteiger partial charge is 0.346 e. The number of nitrogens with two attached hydrogens (primary N) is 1. The van der Waals surface area contributed by atoms with Crippen molar-refractivity contribution in [1.82, 2.24) is 0 Å². The molecule has 0 fully saturated rings. The van der Waals surface area contributed by atoms with Gasteiger partial charge < -0.3 is 15.2 Å². The first kappa shape index (κ1) is 13.0. The molecule has 1 rings (SSSR count). The van der Waals surface area contributed by atoms with Crippen molar-refractivity contribution in [2.45, 2.75) is 20.0 Å². The van der Waals surface area contributed by atoms with Crippen molar-refractivity contribution in [2.24, 2.45) is 0 Å². The standard InChI is InChI=1S/C12H15NO4/c1-7-4-5-9(6-10(7)13)12(15)17-8(2)11(14)16-3/h4-6,8H,13H2,1-3H3. The van der Waals surface area contributed by atoms with E-state index < -0.39 is 18.0 Å². The summed E-state index contributed by atoms with van der Waals surface area (Å²) in [6, 6.07) is 4.83. The lowest BCUT2D eigenvalue weighted by Crippen LogP contribution is -2.25. The molecule has 5 nitrogen and oxygen atoms in total. The van der Waals surface area contributed by atoms with Crippen LogP contribution in [0, 0.1) is 6.92 Å². The van der Waals surface area contributed by atoms with Crippen LogP contribution < -0.4 is 5.73 Å². The van der Waals surface area contributed by atoms with Gasteiger partial charge >= 0.3 is 11.9 Å². The van der Waals surface area contributed by atoms with Crippen molar-refractivity contribution in [2.75, 3.05) is 12.8 Å². The molecule has 0 heterocycles. The average Bonchev–Trinajstić information content (AvgIpc) is 2.31. The SMILES string of the molecule is COC(=O)C(C)OC(=O)c1ccc(C)c(N)c1. The van der Waals surface area contributed by atoms with Gasteiger partial charge in [-0.25, -0.2) is 9.59 Å². The lowest BCUT2D eigenvalue weighted by atomic mass is 10.1. The van der Waals surface area contributed by atoms with Crippen LogP contribution in [0.25, 0.3) is 0 Å². The Morgan fingerprint density at radius 3 is 2.53 bits per heavy atom. The molecule has 1 aromatic carbocycles. The van der Waals surface area contributed by atoms with Gasteiger partial charge in [-0.3, -0.25) is 0 Å². The van der Waals surface area contributed by atoms with Crippen LogP contribution in [0.2, 0.25) is 0 Å². The topological polar surface area (TPSA) is 78.6 Å². The third-order valence-corrected chi connectivity index (χ3v) is 2.33. The predicted molar refractivity (Wildman–Crippen MR) is 62.5 cm³/mol. The van der Waals surface area contributed by atoms with Crippen LogP contribution in [0.4, 0.5) is 5.69 Å². The predicted octanol–water partition coefficient (Wildman–Crippen LogP) is 1.30. The summed E-state index contributed by atoms with van der Waals surface area (Å²) >= 11 is 0. The number of ether oxygens (including phenoxy) is 2. The fourth-order valence-electron chi connectivity index (χ4n) is 1.21. The van der Waals surface area contributed by atoms with Crippen LogP contribution in [0.1, 0.15) is 22.8 Å². The third-order valence-electron chi connectivity index (χ3n) is 2.33. The Kier molecular flexibility index (Phi) is 4.09. The normalized spacial score (nSPS) is 11.7. The molecule has 0 aromatic heterocycles. The maximum Gasteiger partial charge on any atom is 0.346 e. The molecule has 0 bridgehead atoms. The van der Waals surface area contributed by atoms with E-state index in [1.165, 1.54) is 20.1 Å². The molecule has 17 heavy (non-hydrogen) atoms. The number of methoxy groups -OCH3 is 1. The fourth-order valence-corrected chi connectivity index (χ4v) is 1.21. The number of hydrogen-bond donors (Lipinski definition) is 1. The van der Waals surface area contributed by atoms with Gasteiger partial charge in [-0.2, -0.15) is 0 Å². The Morgan fingerprint density at radius 2 is 2.00 bits per heavy atom. The van der Waals surface area contributed by atoms with E-state index in [4.69, 9.17) is 10.5 Å². The van der Waals surface area contributed by atoms with E-state index in [1.54, 1.807) is 12.1 Å². The van der Waals surface area contributed by atoms with Crippen LogP contribution in [-0.4, -0.2) is 25.2 Å². The highest BCUT2D eigenvalue weighted by molar-refractivity contribution is 5.92. The van der Waals surface area contributed by atoms with E-state index in [-0.39, 0.29) is 0 Å². The van der Waals surface area contributed by atoms with Crippen molar-refractivity contribution in [3.8, 4) is 0 Å². The van der Waals surface area contributed by atoms with Crippen LogP contribution in [0.3, 0.4) is 0 Å². The summed E-state index contributed by atoms with van der Waals surface area (Å²) in [5, 5.41) is 0. The molecule has 0 radical (unpaired) electrons. The molecule has 0 saturated carbocycles. The maximum absolute atomic E-state index is 11.7. The zero-order valence-electron chi connectivity index (χ0n) is 10.0. The van der Waals surface area contributed by atoms with Gasteiger partial charge in [0.1, 0.15) is 0 Å². The van der Waals surface area contributed by atoms with Gasteiger partial charge in [-0.05, 0) is 31.5 Å². The van der Waals surface area contributed by atoms with Crippen LogP contribution in [0.5, 0.6) is 0 Å². The summed E-state index contributed by atoms with van der Waals surface area (Å²) in [5.41, 5.74) is 7.37. The first-order valence-corrected chi connectivity index (χ1v) is 5.10. The highest BCUT2D eigenvalue weighted by atomic mass is 16.6. The molecule has 1 unspecified atom stereocenters. The molecular weight excluding hydrogens is 222 g/mol. The van der Waals surface area contributed by atoms with E-state index in [1.807, 2.05) is 6.92 Å². The molecule has 0 amide bonds. The Morgan fingerprint density at radius 1 is 1.35 bits per heavy atom. The lowest BCUT2D eigenvalue weighted by Gasteiger charge is -2.11. The van der Waals surface area contributed by atoms with Gasteiger partial charge in [-0.1, -0.05) is 6.07 Å². The Hall–Kier alpha value is -2.04. The minimum atomic E-state index is -0.935. The minimum Gasteiger partial charge on any atom is -0.466 e. The highest BCUT2D eigenvalue weighted by Gasteiger charge is 2.19. The Bertz CT molecular complexity index is 442. The van der Waals surface area contributed by atoms with E-state index in [9.17, 15) is 9.59 Å². The number of nitrogen functional groups attached to an aromatic ring is 1. The quantitative estimate of drug-likeness (QED) is 0.633. The molecule has 2 N–H and O–H groups in total. The summed E-state index contributed by atoms with van der Waals surface area (Å²) in [7, 11) is 1.23. The number of benzene rings is 1. The molecule has 0 aliphatic rings. The Labute approximate surface area is 99.5 Å². The van der Waals surface area contributed by atoms with E-state index in [2.05, 4.69) is 4.74 Å². The molecule has 0 saturated heterocycles. The zero-order chi connectivity index (χ0) is 13.0. The summed E-state index contributed by atoms with van der Waals surface area (Å²) < 4.78 is 9.37. The lowest BCUT2D eigenvalue weighted by molar-refractivity contribution is -0.149. The van der Waals surface area contributed by atoms with Crippen molar-refractivity contribution in [3.63, 3.8) is 0 Å². The van der Waals surface area contributed by atoms with Gasteiger partial charge in [0, 0.05) is 5.69 Å². The molecule has 0 aliphatic carbocycles. The minimum absolute atomic E-state index is 0.309. The highest BCUT2D eigenvalue weighted by Crippen LogP contribution is 2.14. The van der Waals surface area contributed by atoms with Crippen LogP contribution >= 0.6 is 0 Å². The van der Waals surface area contributed by atoms with Gasteiger partial charge in [-0.15, -0.1) is 0 Å². The van der Waals surface area contributed by atoms with Crippen molar-refractivity contribution < 1.29 is 19.1 Å². The number of rotatable bonds is 3. The number of anilines is 1. The summed E-state index contributed by atoms with van der Waals surface area (Å²) in [4.78, 5) is 22.7. The van der Waals surface area contributed by atoms with Crippen LogP contribution in [-0.2, 0) is 14.3 Å². The van der Waals surface area contributed by atoms with Gasteiger partial charge in [0.25, 0.3) is 0 Å². The Balaban J connectivity index is 2.76. The van der Waals surface area contributed by atoms with Crippen molar-refractivity contribution in [1.29, 1.82) is 0 Å². The monoisotopic (exact) mass is 237 g/mol. The second-order valence-electron chi connectivity index (χ2n) is 3.64. The maximum atomic E-state index is 11.7. The van der Waals surface area contributed by atoms with Gasteiger partial charge in [0.15, 0.2) is 6.10 Å². The molecule has 1 aromatic rings. The summed E-state index contributed by atoms with van der Waals surface area (Å²) in [5.74, 6) is -1.20. The van der Waals surface area contributed by atoms with E-state index >= 15 is 0 Å². The summed E-state index contributed by atoms with van der Waals surface area (Å²) in [6.07, 6.45) is -0.935. The average molecular weight is 237 g/mol. The number of carbonyl (C=O) groups is 2. The van der Waals surface area contributed by atoms with Crippen LogP contribution in [0.15, 0.2) is 18.2 Å². The van der Waals surface area contributed by atoms with Crippen molar-refractivity contribution >= 4 is 17.6 Å². The van der Waals surface area contributed by atoms with Gasteiger partial charge in [0.2, 0.25) is 0 Å². The first-order chi connectivity index (χ1) is 7.95. The molecule has 1 atom stereocenters. The second-order valence-corrected chi connectivity index (χ2v) is 3.64. The first-order valence-electron chi connectivity index (χ1n) is 5.10. The zero-order valence-corrected chi connectivity index (χ0v) is 10.0. The second kappa shape index (κ2) is 5.34. The number of aryl methyl sites for hydroxylation is 1. The molecular formula is C12H15NO4. The van der Waals surface area contributed by atoms with E-state index in [0.29, 0.717) is 11.3 Å².